The molecular weight excluding hydrogens is 254 g/mol. The fraction of sp³-hybridized carbons (Fsp3) is 0.333. The van der Waals surface area contributed by atoms with Crippen LogP contribution in [0, 0.1) is 25.2 Å². The maximum atomic E-state index is 10.4. The molecule has 0 saturated carbocycles. The summed E-state index contributed by atoms with van der Waals surface area (Å²) in [5.74, 6) is -1.15. The minimum absolute atomic E-state index is 0. The fourth-order valence-electron chi connectivity index (χ4n) is 1.29. The van der Waals surface area contributed by atoms with Crippen LogP contribution >= 0.6 is 0 Å². The van der Waals surface area contributed by atoms with E-state index in [1.54, 1.807) is 24.5 Å². The molecule has 0 aliphatic rings. The average molecular weight is 263 g/mol. The Bertz CT molecular complexity index is 390. The molecule has 68 valence electrons. The summed E-state index contributed by atoms with van der Waals surface area (Å²) in [6.07, 6.45) is 0. The second kappa shape index (κ2) is 5.81. The van der Waals surface area contributed by atoms with E-state index in [0.29, 0.717) is 11.3 Å². The van der Waals surface area contributed by atoms with Crippen molar-refractivity contribution in [3.8, 4) is 6.07 Å². The quantitative estimate of drug-likeness (QED) is 0.562. The van der Waals surface area contributed by atoms with Crippen molar-refractivity contribution in [1.29, 1.82) is 5.26 Å². The third-order valence-electron chi connectivity index (χ3n) is 1.98. The van der Waals surface area contributed by atoms with E-state index >= 15 is 0 Å². The van der Waals surface area contributed by atoms with Gasteiger partial charge in [0.25, 0.3) is 0 Å². The van der Waals surface area contributed by atoms with Crippen molar-refractivity contribution in [3.63, 3.8) is 0 Å². The summed E-state index contributed by atoms with van der Waals surface area (Å²) < 4.78 is 1.55. The molecule has 4 nitrogen and oxygen atoms in total. The molecule has 1 heterocycles. The van der Waals surface area contributed by atoms with Crippen molar-refractivity contribution in [2.45, 2.75) is 20.4 Å². The zero-order valence-corrected chi connectivity index (χ0v) is 13.4. The van der Waals surface area contributed by atoms with Gasteiger partial charge < -0.3 is 14.5 Å². The molecule has 0 aliphatic heterocycles. The van der Waals surface area contributed by atoms with Gasteiger partial charge in [-0.05, 0) is 19.9 Å². The van der Waals surface area contributed by atoms with Gasteiger partial charge in [-0.25, -0.2) is 0 Å². The van der Waals surface area contributed by atoms with Gasteiger partial charge in [0.1, 0.15) is 6.07 Å². The zero-order chi connectivity index (χ0) is 10.0. The van der Waals surface area contributed by atoms with Crippen molar-refractivity contribution in [3.05, 3.63) is 23.0 Å². The third kappa shape index (κ3) is 3.02. The molecule has 0 radical (unpaired) electrons. The van der Waals surface area contributed by atoms with Crippen LogP contribution in [0.3, 0.4) is 0 Å². The first-order valence-corrected chi connectivity index (χ1v) is 3.83. The van der Waals surface area contributed by atoms with Crippen LogP contribution in [-0.2, 0) is 11.3 Å². The zero-order valence-electron chi connectivity index (χ0n) is 8.50. The van der Waals surface area contributed by atoms with Crippen LogP contribution in [-0.4, -0.2) is 10.5 Å². The molecule has 0 bridgehead atoms. The maximum Gasteiger partial charge on any atom is 1.00 e. The number of aliphatic carboxylic acids is 1. The first kappa shape index (κ1) is 14.0. The molecular formula is C9H9N2O2Rb. The van der Waals surface area contributed by atoms with E-state index < -0.39 is 5.97 Å². The number of aryl methyl sites for hydroxylation is 1. The summed E-state index contributed by atoms with van der Waals surface area (Å²) >= 11 is 0. The van der Waals surface area contributed by atoms with Gasteiger partial charge in [-0.2, -0.15) is 5.26 Å². The molecule has 5 heteroatoms. The van der Waals surface area contributed by atoms with Gasteiger partial charge in [-0.3, -0.25) is 0 Å². The van der Waals surface area contributed by atoms with Crippen molar-refractivity contribution < 1.29 is 68.1 Å². The first-order chi connectivity index (χ1) is 6.06. The molecule has 1 aromatic rings. The van der Waals surface area contributed by atoms with Crippen LogP contribution in [0.1, 0.15) is 17.0 Å². The molecule has 1 aromatic heterocycles. The summed E-state index contributed by atoms with van der Waals surface area (Å²) in [6, 6.07) is 3.66. The van der Waals surface area contributed by atoms with Gasteiger partial charge in [0.05, 0.1) is 18.1 Å². The predicted octanol–water partition coefficient (Wildman–Crippen LogP) is -3.27. The number of nitriles is 1. The monoisotopic (exact) mass is 262 g/mol. The van der Waals surface area contributed by atoms with Gasteiger partial charge in [0, 0.05) is 11.4 Å². The van der Waals surface area contributed by atoms with Gasteiger partial charge >= 0.3 is 58.2 Å². The molecule has 14 heavy (non-hydrogen) atoms. The number of carboxylic acids is 1. The SMILES string of the molecule is Cc1cc(C#N)c(C)n1CC(=O)[O-].[Rb+]. The Hall–Kier alpha value is 0.0452. The largest absolute Gasteiger partial charge is 1.00 e. The Morgan fingerprint density at radius 1 is 1.64 bits per heavy atom. The van der Waals surface area contributed by atoms with E-state index in [1.165, 1.54) is 0 Å². The van der Waals surface area contributed by atoms with Crippen LogP contribution in [0.15, 0.2) is 6.07 Å². The van der Waals surface area contributed by atoms with Crippen molar-refractivity contribution >= 4 is 5.97 Å². The molecule has 0 saturated heterocycles. The van der Waals surface area contributed by atoms with Crippen molar-refractivity contribution in [1.82, 2.24) is 4.57 Å². The number of rotatable bonds is 2. The Morgan fingerprint density at radius 2 is 2.21 bits per heavy atom. The van der Waals surface area contributed by atoms with E-state index in [-0.39, 0.29) is 64.7 Å². The van der Waals surface area contributed by atoms with Crippen molar-refractivity contribution in [2.75, 3.05) is 0 Å². The topological polar surface area (TPSA) is 68.8 Å². The average Bonchev–Trinajstić information content (AvgIpc) is 2.31. The van der Waals surface area contributed by atoms with E-state index in [4.69, 9.17) is 5.26 Å². The molecule has 0 aromatic carbocycles. The third-order valence-corrected chi connectivity index (χ3v) is 1.98. The van der Waals surface area contributed by atoms with Crippen LogP contribution < -0.4 is 63.3 Å². The standard InChI is InChI=1S/C9H10N2O2.Rb/c1-6-3-8(4-10)7(2)11(6)5-9(12)13;/h3H,5H2,1-2H3,(H,12,13);/q;+1/p-1. The molecule has 0 atom stereocenters. The number of aromatic nitrogens is 1. The molecule has 0 fully saturated rings. The van der Waals surface area contributed by atoms with Crippen LogP contribution in [0.2, 0.25) is 0 Å². The molecule has 0 spiro atoms. The number of hydrogen-bond donors (Lipinski definition) is 0. The van der Waals surface area contributed by atoms with Gasteiger partial charge in [0.15, 0.2) is 0 Å². The van der Waals surface area contributed by atoms with Gasteiger partial charge in [0.2, 0.25) is 0 Å². The second-order valence-electron chi connectivity index (χ2n) is 2.85. The first-order valence-electron chi connectivity index (χ1n) is 3.83. The maximum absolute atomic E-state index is 10.4. The molecule has 0 unspecified atom stereocenters. The summed E-state index contributed by atoms with van der Waals surface area (Å²) in [6.45, 7) is 3.28. The fourth-order valence-corrected chi connectivity index (χ4v) is 1.29. The van der Waals surface area contributed by atoms with E-state index in [9.17, 15) is 9.90 Å². The summed E-state index contributed by atoms with van der Waals surface area (Å²) in [5.41, 5.74) is 1.95. The molecule has 0 N–H and O–H groups in total. The predicted molar refractivity (Wildman–Crippen MR) is 43.6 cm³/mol. The molecule has 0 amide bonds. The normalized spacial score (nSPS) is 8.93. The number of carboxylic acid groups (broad SMARTS) is 1. The Morgan fingerprint density at radius 3 is 2.57 bits per heavy atom. The van der Waals surface area contributed by atoms with Crippen LogP contribution in [0.4, 0.5) is 0 Å². The van der Waals surface area contributed by atoms with Gasteiger partial charge in [-0.15, -0.1) is 0 Å². The molecule has 0 aliphatic carbocycles. The summed E-state index contributed by atoms with van der Waals surface area (Å²) in [7, 11) is 0. The summed E-state index contributed by atoms with van der Waals surface area (Å²) in [5, 5.41) is 19.0. The van der Waals surface area contributed by atoms with E-state index in [1.807, 2.05) is 6.07 Å². The van der Waals surface area contributed by atoms with Crippen LogP contribution in [0.25, 0.3) is 0 Å². The van der Waals surface area contributed by atoms with Gasteiger partial charge in [-0.1, -0.05) is 0 Å². The molecule has 1 rings (SSSR count). The minimum atomic E-state index is -1.15. The van der Waals surface area contributed by atoms with E-state index in [0.717, 1.165) is 5.69 Å². The Labute approximate surface area is 131 Å². The number of carbonyl (C=O) groups is 1. The van der Waals surface area contributed by atoms with Crippen LogP contribution in [0.5, 0.6) is 0 Å². The Kier molecular flexibility index (Phi) is 5.83. The number of nitrogens with zero attached hydrogens (tertiary/aromatic N) is 2. The smallest absolute Gasteiger partial charge is 0.548 e. The van der Waals surface area contributed by atoms with Crippen molar-refractivity contribution in [2.24, 2.45) is 0 Å². The summed E-state index contributed by atoms with van der Waals surface area (Å²) in [4.78, 5) is 10.4. The number of hydrogen-bond acceptors (Lipinski definition) is 3. The number of carbonyl (C=O) groups excluding carboxylic acids is 1. The minimum Gasteiger partial charge on any atom is -0.548 e. The van der Waals surface area contributed by atoms with E-state index in [2.05, 4.69) is 0 Å². The second-order valence-corrected chi connectivity index (χ2v) is 2.85. The Balaban J connectivity index is 0.00000169.